The Labute approximate surface area is 97.4 Å². The lowest BCUT2D eigenvalue weighted by Crippen LogP contribution is -1.91. The van der Waals surface area contributed by atoms with Crippen LogP contribution < -0.4 is 5.73 Å². The second kappa shape index (κ2) is 5.64. The summed E-state index contributed by atoms with van der Waals surface area (Å²) in [5.74, 6) is 6.10. The highest BCUT2D eigenvalue weighted by Crippen LogP contribution is 2.13. The highest BCUT2D eigenvalue weighted by atomic mass is 35.5. The first-order chi connectivity index (χ1) is 7.09. The summed E-state index contributed by atoms with van der Waals surface area (Å²) in [6, 6.07) is 1.55. The van der Waals surface area contributed by atoms with Crippen molar-refractivity contribution in [3.05, 3.63) is 23.0 Å². The van der Waals surface area contributed by atoms with Crippen LogP contribution in [0.3, 0.4) is 0 Å². The lowest BCUT2D eigenvalue weighted by Gasteiger charge is -1.96. The van der Waals surface area contributed by atoms with Crippen LogP contribution in [0, 0.1) is 11.8 Å². The first-order valence-electron chi connectivity index (χ1n) is 4.13. The summed E-state index contributed by atoms with van der Waals surface area (Å²) in [4.78, 5) is 14.5. The number of nitrogen functional groups attached to an aromatic ring is 1. The molecule has 1 aromatic heterocycles. The molecular weight excluding hydrogens is 232 g/mol. The third-order valence-corrected chi connectivity index (χ3v) is 2.38. The van der Waals surface area contributed by atoms with Crippen LogP contribution >= 0.6 is 23.4 Å². The smallest absolute Gasteiger partial charge is 0.186 e. The van der Waals surface area contributed by atoms with Crippen molar-refractivity contribution in [2.24, 2.45) is 0 Å². The second-order valence-electron chi connectivity index (χ2n) is 2.68. The number of pyridine rings is 1. The SMILES string of the molecule is CC(=O)SCC#Cc1cnc(Cl)cc1N. The van der Waals surface area contributed by atoms with Gasteiger partial charge in [-0.05, 0) is 6.07 Å². The van der Waals surface area contributed by atoms with Gasteiger partial charge in [0.25, 0.3) is 0 Å². The molecule has 0 unspecified atom stereocenters. The molecule has 2 N–H and O–H groups in total. The Kier molecular flexibility index (Phi) is 4.47. The molecule has 0 aliphatic heterocycles. The Morgan fingerprint density at radius 3 is 3.07 bits per heavy atom. The van der Waals surface area contributed by atoms with Gasteiger partial charge >= 0.3 is 0 Å². The fourth-order valence-corrected chi connectivity index (χ4v) is 1.33. The molecule has 0 aliphatic rings. The van der Waals surface area contributed by atoms with E-state index in [0.29, 0.717) is 22.2 Å². The van der Waals surface area contributed by atoms with E-state index in [2.05, 4.69) is 16.8 Å². The average Bonchev–Trinajstić information content (AvgIpc) is 2.14. The van der Waals surface area contributed by atoms with Crippen molar-refractivity contribution >= 4 is 34.2 Å². The van der Waals surface area contributed by atoms with Crippen LogP contribution in [-0.4, -0.2) is 15.9 Å². The van der Waals surface area contributed by atoms with Gasteiger partial charge in [-0.2, -0.15) is 0 Å². The maximum absolute atomic E-state index is 10.6. The summed E-state index contributed by atoms with van der Waals surface area (Å²) in [7, 11) is 0. The number of carbonyl (C=O) groups excluding carboxylic acids is 1. The van der Waals surface area contributed by atoms with Crippen molar-refractivity contribution < 1.29 is 4.79 Å². The maximum atomic E-state index is 10.6. The molecule has 78 valence electrons. The molecule has 5 heteroatoms. The Hall–Kier alpha value is -1.18. The third-order valence-electron chi connectivity index (χ3n) is 1.47. The van der Waals surface area contributed by atoms with Gasteiger partial charge in [-0.3, -0.25) is 4.79 Å². The lowest BCUT2D eigenvalue weighted by molar-refractivity contribution is -0.109. The Morgan fingerprint density at radius 1 is 1.73 bits per heavy atom. The van der Waals surface area contributed by atoms with Crippen LogP contribution in [0.1, 0.15) is 12.5 Å². The topological polar surface area (TPSA) is 56.0 Å². The van der Waals surface area contributed by atoms with Crippen molar-refractivity contribution in [3.8, 4) is 11.8 Å². The number of nitrogens with two attached hydrogens (primary N) is 1. The monoisotopic (exact) mass is 240 g/mol. The predicted octanol–water partition coefficient (Wildman–Crippen LogP) is 1.95. The highest BCUT2D eigenvalue weighted by Gasteiger charge is 1.97. The number of rotatable bonds is 1. The van der Waals surface area contributed by atoms with Crippen molar-refractivity contribution in [2.75, 3.05) is 11.5 Å². The number of hydrogen-bond donors (Lipinski definition) is 1. The summed E-state index contributed by atoms with van der Waals surface area (Å²) in [5.41, 5.74) is 6.79. The fraction of sp³-hybridized carbons (Fsp3) is 0.200. The van der Waals surface area contributed by atoms with E-state index in [1.165, 1.54) is 13.1 Å². The molecule has 1 rings (SSSR count). The molecular formula is C10H9ClN2OS. The number of aromatic nitrogens is 1. The zero-order chi connectivity index (χ0) is 11.3. The quantitative estimate of drug-likeness (QED) is 0.602. The zero-order valence-electron chi connectivity index (χ0n) is 8.08. The van der Waals surface area contributed by atoms with Crippen molar-refractivity contribution in [3.63, 3.8) is 0 Å². The first-order valence-corrected chi connectivity index (χ1v) is 5.49. The van der Waals surface area contributed by atoms with Crippen LogP contribution in [0.25, 0.3) is 0 Å². The molecule has 1 aromatic rings. The number of nitrogens with zero attached hydrogens (tertiary/aromatic N) is 1. The Bertz CT molecular complexity index is 437. The lowest BCUT2D eigenvalue weighted by atomic mass is 10.2. The Morgan fingerprint density at radius 2 is 2.47 bits per heavy atom. The molecule has 3 nitrogen and oxygen atoms in total. The van der Waals surface area contributed by atoms with Crippen LogP contribution in [0.2, 0.25) is 5.15 Å². The minimum absolute atomic E-state index is 0.0477. The molecule has 15 heavy (non-hydrogen) atoms. The normalized spacial score (nSPS) is 9.20. The van der Waals surface area contributed by atoms with E-state index in [-0.39, 0.29) is 5.12 Å². The molecule has 0 radical (unpaired) electrons. The molecule has 0 saturated carbocycles. The zero-order valence-corrected chi connectivity index (χ0v) is 9.65. The number of thioether (sulfide) groups is 1. The summed E-state index contributed by atoms with van der Waals surface area (Å²) in [6.07, 6.45) is 1.52. The molecule has 0 aromatic carbocycles. The number of anilines is 1. The second-order valence-corrected chi connectivity index (χ2v) is 4.22. The first kappa shape index (κ1) is 11.9. The average molecular weight is 241 g/mol. The molecule has 0 aliphatic carbocycles. The predicted molar refractivity (Wildman–Crippen MR) is 63.7 cm³/mol. The largest absolute Gasteiger partial charge is 0.398 e. The van der Waals surface area contributed by atoms with Gasteiger partial charge < -0.3 is 5.73 Å². The molecule has 0 fully saturated rings. The van der Waals surface area contributed by atoms with Gasteiger partial charge in [-0.25, -0.2) is 4.98 Å². The van der Waals surface area contributed by atoms with Gasteiger partial charge in [0.2, 0.25) is 0 Å². The summed E-state index contributed by atoms with van der Waals surface area (Å²) >= 11 is 6.79. The van der Waals surface area contributed by atoms with E-state index in [1.54, 1.807) is 6.07 Å². The van der Waals surface area contributed by atoms with E-state index in [1.807, 2.05) is 0 Å². The van der Waals surface area contributed by atoms with E-state index in [9.17, 15) is 4.79 Å². The Balaban J connectivity index is 2.67. The van der Waals surface area contributed by atoms with Gasteiger partial charge in [0.15, 0.2) is 5.12 Å². The van der Waals surface area contributed by atoms with Gasteiger partial charge in [0, 0.05) is 13.1 Å². The molecule has 0 saturated heterocycles. The molecule has 0 spiro atoms. The molecule has 0 bridgehead atoms. The number of hydrogen-bond acceptors (Lipinski definition) is 4. The minimum Gasteiger partial charge on any atom is -0.398 e. The van der Waals surface area contributed by atoms with Crippen LogP contribution in [0.4, 0.5) is 5.69 Å². The van der Waals surface area contributed by atoms with E-state index >= 15 is 0 Å². The number of halogens is 1. The van der Waals surface area contributed by atoms with Crippen molar-refractivity contribution in [2.45, 2.75) is 6.92 Å². The van der Waals surface area contributed by atoms with Crippen molar-refractivity contribution in [1.29, 1.82) is 0 Å². The molecule has 1 heterocycles. The van der Waals surface area contributed by atoms with E-state index in [0.717, 1.165) is 11.8 Å². The minimum atomic E-state index is 0.0477. The summed E-state index contributed by atoms with van der Waals surface area (Å²) in [6.45, 7) is 1.50. The molecule has 0 amide bonds. The standard InChI is InChI=1S/C10H9ClN2OS/c1-7(14)15-4-2-3-8-6-13-10(11)5-9(8)12/h5-6H,4H2,1H3,(H2,12,13). The van der Waals surface area contributed by atoms with E-state index in [4.69, 9.17) is 17.3 Å². The van der Waals surface area contributed by atoms with E-state index < -0.39 is 0 Å². The maximum Gasteiger partial charge on any atom is 0.186 e. The highest BCUT2D eigenvalue weighted by molar-refractivity contribution is 8.13. The summed E-state index contributed by atoms with van der Waals surface area (Å²) < 4.78 is 0. The van der Waals surface area contributed by atoms with Gasteiger partial charge in [0.05, 0.1) is 17.0 Å². The van der Waals surface area contributed by atoms with Crippen LogP contribution in [-0.2, 0) is 4.79 Å². The van der Waals surface area contributed by atoms with Crippen molar-refractivity contribution in [1.82, 2.24) is 4.98 Å². The van der Waals surface area contributed by atoms with Gasteiger partial charge in [-0.1, -0.05) is 35.2 Å². The van der Waals surface area contributed by atoms with Crippen LogP contribution in [0.5, 0.6) is 0 Å². The van der Waals surface area contributed by atoms with Crippen LogP contribution in [0.15, 0.2) is 12.3 Å². The number of carbonyl (C=O) groups is 1. The molecule has 0 atom stereocenters. The fourth-order valence-electron chi connectivity index (χ4n) is 0.818. The third kappa shape index (κ3) is 4.24. The van der Waals surface area contributed by atoms with Gasteiger partial charge in [0.1, 0.15) is 5.15 Å². The summed E-state index contributed by atoms with van der Waals surface area (Å²) in [5, 5.41) is 0.391. The van der Waals surface area contributed by atoms with Gasteiger partial charge in [-0.15, -0.1) is 0 Å².